The number of aryl methyl sites for hydroxylation is 1. The van der Waals surface area contributed by atoms with Crippen molar-refractivity contribution in [3.63, 3.8) is 0 Å². The molecule has 1 aromatic heterocycles. The lowest BCUT2D eigenvalue weighted by Gasteiger charge is -2.32. The summed E-state index contributed by atoms with van der Waals surface area (Å²) in [6.07, 6.45) is 1.15. The van der Waals surface area contributed by atoms with Crippen LogP contribution in [0, 0.1) is 6.92 Å². The standard InChI is InChI=1S/C16H23N3/c1-13-14(15-5-3-4-6-16(15)17-13)7-8-19-11-9-18(2)10-12-19/h3-6,17H,7-12H2,1-2H3. The Morgan fingerprint density at radius 2 is 1.84 bits per heavy atom. The number of para-hydroxylation sites is 1. The van der Waals surface area contributed by atoms with E-state index in [-0.39, 0.29) is 0 Å². The molecule has 1 aromatic carbocycles. The van der Waals surface area contributed by atoms with Crippen LogP contribution in [-0.2, 0) is 6.42 Å². The van der Waals surface area contributed by atoms with Gasteiger partial charge in [0.05, 0.1) is 0 Å². The summed E-state index contributed by atoms with van der Waals surface area (Å²) in [6.45, 7) is 8.19. The second kappa shape index (κ2) is 5.35. The lowest BCUT2D eigenvalue weighted by molar-refractivity contribution is 0.155. The number of nitrogens with zero attached hydrogens (tertiary/aromatic N) is 2. The fourth-order valence-corrected chi connectivity index (χ4v) is 3.00. The molecule has 0 amide bonds. The smallest absolute Gasteiger partial charge is 0.0458 e. The molecule has 102 valence electrons. The number of H-pyrrole nitrogens is 1. The molecule has 0 radical (unpaired) electrons. The van der Waals surface area contributed by atoms with Crippen LogP contribution in [0.15, 0.2) is 24.3 Å². The second-order valence-corrected chi connectivity index (χ2v) is 5.67. The zero-order chi connectivity index (χ0) is 13.2. The number of likely N-dealkylation sites (N-methyl/N-ethyl adjacent to an activating group) is 1. The van der Waals surface area contributed by atoms with E-state index in [2.05, 4.69) is 53.0 Å². The minimum absolute atomic E-state index is 1.15. The zero-order valence-corrected chi connectivity index (χ0v) is 11.9. The highest BCUT2D eigenvalue weighted by molar-refractivity contribution is 5.84. The first-order valence-corrected chi connectivity index (χ1v) is 7.21. The summed E-state index contributed by atoms with van der Waals surface area (Å²) in [5.41, 5.74) is 4.10. The van der Waals surface area contributed by atoms with Crippen molar-refractivity contribution in [3.8, 4) is 0 Å². The van der Waals surface area contributed by atoms with Gasteiger partial charge in [0.15, 0.2) is 0 Å². The van der Waals surface area contributed by atoms with Gasteiger partial charge in [-0.2, -0.15) is 0 Å². The monoisotopic (exact) mass is 257 g/mol. The highest BCUT2D eigenvalue weighted by atomic mass is 15.2. The van der Waals surface area contributed by atoms with E-state index < -0.39 is 0 Å². The van der Waals surface area contributed by atoms with Crippen LogP contribution in [0.1, 0.15) is 11.3 Å². The van der Waals surface area contributed by atoms with Gasteiger partial charge in [-0.1, -0.05) is 18.2 Å². The van der Waals surface area contributed by atoms with E-state index in [1.165, 1.54) is 54.9 Å². The van der Waals surface area contributed by atoms with Gasteiger partial charge in [-0.3, -0.25) is 0 Å². The van der Waals surface area contributed by atoms with Gasteiger partial charge in [-0.25, -0.2) is 0 Å². The third kappa shape index (κ3) is 2.67. The maximum atomic E-state index is 3.50. The lowest BCUT2D eigenvalue weighted by atomic mass is 10.1. The number of piperazine rings is 1. The topological polar surface area (TPSA) is 22.3 Å². The largest absolute Gasteiger partial charge is 0.358 e. The third-order valence-electron chi connectivity index (χ3n) is 4.30. The molecule has 0 spiro atoms. The fourth-order valence-electron chi connectivity index (χ4n) is 3.00. The van der Waals surface area contributed by atoms with Crippen molar-refractivity contribution >= 4 is 10.9 Å². The molecule has 0 atom stereocenters. The molecular formula is C16H23N3. The Hall–Kier alpha value is -1.32. The second-order valence-electron chi connectivity index (χ2n) is 5.67. The van der Waals surface area contributed by atoms with Crippen molar-refractivity contribution in [1.82, 2.24) is 14.8 Å². The Kier molecular flexibility index (Phi) is 3.58. The summed E-state index contributed by atoms with van der Waals surface area (Å²) >= 11 is 0. The van der Waals surface area contributed by atoms with Crippen molar-refractivity contribution in [2.75, 3.05) is 39.8 Å². The van der Waals surface area contributed by atoms with E-state index in [0.29, 0.717) is 0 Å². The molecule has 0 bridgehead atoms. The van der Waals surface area contributed by atoms with E-state index in [4.69, 9.17) is 0 Å². The summed E-state index contributed by atoms with van der Waals surface area (Å²) < 4.78 is 0. The van der Waals surface area contributed by atoms with Gasteiger partial charge in [-0.05, 0) is 32.0 Å². The third-order valence-corrected chi connectivity index (χ3v) is 4.30. The predicted octanol–water partition coefficient (Wildman–Crippen LogP) is 2.27. The average molecular weight is 257 g/mol. The van der Waals surface area contributed by atoms with E-state index in [1.807, 2.05) is 0 Å². The normalized spacial score (nSPS) is 18.2. The van der Waals surface area contributed by atoms with Crippen LogP contribution in [0.25, 0.3) is 10.9 Å². The Bertz CT molecular complexity index is 550. The quantitative estimate of drug-likeness (QED) is 0.911. The average Bonchev–Trinajstić information content (AvgIpc) is 2.74. The molecule has 3 heteroatoms. The van der Waals surface area contributed by atoms with Crippen molar-refractivity contribution in [3.05, 3.63) is 35.5 Å². The molecule has 1 aliphatic rings. The molecule has 0 saturated carbocycles. The first-order chi connectivity index (χ1) is 9.24. The van der Waals surface area contributed by atoms with Gasteiger partial charge < -0.3 is 14.8 Å². The van der Waals surface area contributed by atoms with Crippen LogP contribution in [0.4, 0.5) is 0 Å². The SMILES string of the molecule is Cc1[nH]c2ccccc2c1CCN1CCN(C)CC1. The van der Waals surface area contributed by atoms with Crippen LogP contribution >= 0.6 is 0 Å². The first-order valence-electron chi connectivity index (χ1n) is 7.21. The van der Waals surface area contributed by atoms with Crippen LogP contribution < -0.4 is 0 Å². The van der Waals surface area contributed by atoms with Crippen molar-refractivity contribution in [1.29, 1.82) is 0 Å². The van der Waals surface area contributed by atoms with Gasteiger partial charge in [0.25, 0.3) is 0 Å². The summed E-state index contributed by atoms with van der Waals surface area (Å²) in [5, 5.41) is 1.40. The number of nitrogens with one attached hydrogen (secondary N) is 1. The molecule has 2 aromatic rings. The molecule has 19 heavy (non-hydrogen) atoms. The van der Waals surface area contributed by atoms with Crippen LogP contribution in [0.5, 0.6) is 0 Å². The molecule has 1 aliphatic heterocycles. The maximum Gasteiger partial charge on any atom is 0.0458 e. The van der Waals surface area contributed by atoms with E-state index in [9.17, 15) is 0 Å². The maximum absolute atomic E-state index is 3.50. The van der Waals surface area contributed by atoms with Gasteiger partial charge in [-0.15, -0.1) is 0 Å². The van der Waals surface area contributed by atoms with E-state index in [1.54, 1.807) is 0 Å². The first kappa shape index (κ1) is 12.7. The lowest BCUT2D eigenvalue weighted by Crippen LogP contribution is -2.45. The number of benzene rings is 1. The number of hydrogen-bond donors (Lipinski definition) is 1. The molecule has 0 aliphatic carbocycles. The summed E-state index contributed by atoms with van der Waals surface area (Å²) in [7, 11) is 2.21. The summed E-state index contributed by atoms with van der Waals surface area (Å²) in [5.74, 6) is 0. The molecule has 3 nitrogen and oxygen atoms in total. The summed E-state index contributed by atoms with van der Waals surface area (Å²) in [4.78, 5) is 8.49. The Morgan fingerprint density at radius 3 is 2.63 bits per heavy atom. The highest BCUT2D eigenvalue weighted by Crippen LogP contribution is 2.22. The Morgan fingerprint density at radius 1 is 1.11 bits per heavy atom. The molecule has 1 saturated heterocycles. The number of hydrogen-bond acceptors (Lipinski definition) is 2. The predicted molar refractivity (Wildman–Crippen MR) is 80.7 cm³/mol. The van der Waals surface area contributed by atoms with Crippen LogP contribution in [-0.4, -0.2) is 54.6 Å². The van der Waals surface area contributed by atoms with Crippen LogP contribution in [0.3, 0.4) is 0 Å². The van der Waals surface area contributed by atoms with Gasteiger partial charge >= 0.3 is 0 Å². The van der Waals surface area contributed by atoms with E-state index >= 15 is 0 Å². The van der Waals surface area contributed by atoms with Gasteiger partial charge in [0.1, 0.15) is 0 Å². The minimum Gasteiger partial charge on any atom is -0.358 e. The number of aromatic nitrogens is 1. The zero-order valence-electron chi connectivity index (χ0n) is 11.9. The summed E-state index contributed by atoms with van der Waals surface area (Å²) in [6, 6.07) is 8.64. The Labute approximate surface area is 115 Å². The minimum atomic E-state index is 1.15. The molecule has 3 rings (SSSR count). The molecule has 0 unspecified atom stereocenters. The van der Waals surface area contributed by atoms with Gasteiger partial charge in [0, 0.05) is 49.3 Å². The Balaban J connectivity index is 1.70. The number of rotatable bonds is 3. The van der Waals surface area contributed by atoms with Crippen molar-refractivity contribution < 1.29 is 0 Å². The highest BCUT2D eigenvalue weighted by Gasteiger charge is 2.15. The van der Waals surface area contributed by atoms with Gasteiger partial charge in [0.2, 0.25) is 0 Å². The number of fused-ring (bicyclic) bond motifs is 1. The van der Waals surface area contributed by atoms with Crippen LogP contribution in [0.2, 0.25) is 0 Å². The van der Waals surface area contributed by atoms with Crippen molar-refractivity contribution in [2.45, 2.75) is 13.3 Å². The fraction of sp³-hybridized carbons (Fsp3) is 0.500. The van der Waals surface area contributed by atoms with E-state index in [0.717, 1.165) is 6.42 Å². The van der Waals surface area contributed by atoms with Crippen molar-refractivity contribution in [2.24, 2.45) is 0 Å². The molecule has 1 N–H and O–H groups in total. The number of aromatic amines is 1. The molecule has 2 heterocycles. The molecular weight excluding hydrogens is 234 g/mol. The molecule has 1 fully saturated rings.